The summed E-state index contributed by atoms with van der Waals surface area (Å²) in [5.41, 5.74) is 5.17. The van der Waals surface area contributed by atoms with E-state index < -0.39 is 0 Å². The smallest absolute Gasteiger partial charge is 0.111 e. The number of nitrogens with two attached hydrogens (primary N) is 1. The number of para-hydroxylation sites is 2. The number of hydrogen-bond donors (Lipinski definition) is 2. The zero-order chi connectivity index (χ0) is 14.0. The molecular formula is C15H24N4. The lowest BCUT2D eigenvalue weighted by atomic mass is 9.89. The number of aryl methyl sites for hydroxylation is 1. The molecule has 1 aromatic carbocycles. The largest absolute Gasteiger partial charge is 0.331 e. The normalized spacial score (nSPS) is 15.1. The molecule has 2 atom stereocenters. The molecule has 104 valence electrons. The lowest BCUT2D eigenvalue weighted by Crippen LogP contribution is -2.43. The predicted octanol–water partition coefficient (Wildman–Crippen LogP) is 2.24. The van der Waals surface area contributed by atoms with Gasteiger partial charge in [-0.3, -0.25) is 11.3 Å². The van der Waals surface area contributed by atoms with Crippen molar-refractivity contribution in [1.82, 2.24) is 15.0 Å². The van der Waals surface area contributed by atoms with Gasteiger partial charge in [-0.2, -0.15) is 0 Å². The zero-order valence-corrected chi connectivity index (χ0v) is 12.2. The molecule has 1 heterocycles. The fourth-order valence-corrected chi connectivity index (χ4v) is 2.44. The number of fused-ring (bicyclic) bond motifs is 1. The van der Waals surface area contributed by atoms with Gasteiger partial charge in [-0.15, -0.1) is 0 Å². The monoisotopic (exact) mass is 260 g/mol. The Morgan fingerprint density at radius 1 is 1.26 bits per heavy atom. The Morgan fingerprint density at radius 3 is 2.53 bits per heavy atom. The van der Waals surface area contributed by atoms with Gasteiger partial charge in [0, 0.05) is 19.5 Å². The summed E-state index contributed by atoms with van der Waals surface area (Å²) >= 11 is 0. The molecule has 2 rings (SSSR count). The average Bonchev–Trinajstić information content (AvgIpc) is 2.72. The fraction of sp³-hybridized carbons (Fsp3) is 0.533. The van der Waals surface area contributed by atoms with Crippen molar-refractivity contribution in [2.24, 2.45) is 24.7 Å². The molecule has 0 amide bonds. The van der Waals surface area contributed by atoms with Crippen LogP contribution in [-0.2, 0) is 13.5 Å². The minimum absolute atomic E-state index is 0.246. The van der Waals surface area contributed by atoms with E-state index in [0.717, 1.165) is 17.8 Å². The van der Waals surface area contributed by atoms with Gasteiger partial charge in [0.05, 0.1) is 11.0 Å². The molecule has 19 heavy (non-hydrogen) atoms. The van der Waals surface area contributed by atoms with E-state index in [0.29, 0.717) is 11.8 Å². The maximum atomic E-state index is 5.72. The number of rotatable bonds is 5. The Bertz CT molecular complexity index is 544. The Balaban J connectivity index is 2.27. The summed E-state index contributed by atoms with van der Waals surface area (Å²) in [6, 6.07) is 8.46. The molecule has 0 saturated heterocycles. The molecule has 0 saturated carbocycles. The zero-order valence-electron chi connectivity index (χ0n) is 12.2. The van der Waals surface area contributed by atoms with Crippen LogP contribution in [0.4, 0.5) is 0 Å². The Kier molecular flexibility index (Phi) is 4.22. The van der Waals surface area contributed by atoms with E-state index in [2.05, 4.69) is 49.9 Å². The first-order valence-corrected chi connectivity index (χ1v) is 6.91. The van der Waals surface area contributed by atoms with Crippen LogP contribution in [0.15, 0.2) is 24.3 Å². The summed E-state index contributed by atoms with van der Waals surface area (Å²) in [6.07, 6.45) is 0.848. The van der Waals surface area contributed by atoms with Gasteiger partial charge in [0.2, 0.25) is 0 Å². The topological polar surface area (TPSA) is 55.9 Å². The van der Waals surface area contributed by atoms with Crippen molar-refractivity contribution in [3.05, 3.63) is 30.1 Å². The number of nitrogens with zero attached hydrogens (tertiary/aromatic N) is 2. The van der Waals surface area contributed by atoms with Gasteiger partial charge in [-0.25, -0.2) is 4.98 Å². The summed E-state index contributed by atoms with van der Waals surface area (Å²) in [5.74, 6) is 7.89. The molecule has 4 heteroatoms. The number of benzene rings is 1. The number of aromatic nitrogens is 2. The molecule has 3 N–H and O–H groups in total. The molecule has 0 spiro atoms. The van der Waals surface area contributed by atoms with Crippen molar-refractivity contribution < 1.29 is 0 Å². The highest BCUT2D eigenvalue weighted by Crippen LogP contribution is 2.20. The maximum Gasteiger partial charge on any atom is 0.111 e. The molecule has 2 aromatic rings. The third-order valence-electron chi connectivity index (χ3n) is 4.18. The average molecular weight is 260 g/mol. The Morgan fingerprint density at radius 2 is 1.95 bits per heavy atom. The molecule has 2 unspecified atom stereocenters. The SMILES string of the molecule is CC(C)C(C)C(Cc1nc2ccccc2n1C)NN. The van der Waals surface area contributed by atoms with Crippen molar-refractivity contribution in [2.75, 3.05) is 0 Å². The minimum Gasteiger partial charge on any atom is -0.331 e. The molecule has 0 aliphatic carbocycles. The Labute approximate surface area is 115 Å². The summed E-state index contributed by atoms with van der Waals surface area (Å²) in [6.45, 7) is 6.69. The molecule has 4 nitrogen and oxygen atoms in total. The van der Waals surface area contributed by atoms with Gasteiger partial charge in [-0.05, 0) is 24.0 Å². The third-order valence-corrected chi connectivity index (χ3v) is 4.18. The van der Waals surface area contributed by atoms with Crippen molar-refractivity contribution in [3.8, 4) is 0 Å². The highest BCUT2D eigenvalue weighted by molar-refractivity contribution is 5.75. The van der Waals surface area contributed by atoms with E-state index in [1.807, 2.05) is 12.1 Å². The number of imidazole rings is 1. The van der Waals surface area contributed by atoms with Crippen LogP contribution in [0, 0.1) is 11.8 Å². The first-order chi connectivity index (χ1) is 9.04. The van der Waals surface area contributed by atoms with Crippen LogP contribution in [0.2, 0.25) is 0 Å². The van der Waals surface area contributed by atoms with Gasteiger partial charge in [0.15, 0.2) is 0 Å². The third kappa shape index (κ3) is 2.80. The van der Waals surface area contributed by atoms with E-state index >= 15 is 0 Å². The van der Waals surface area contributed by atoms with Crippen LogP contribution < -0.4 is 11.3 Å². The predicted molar refractivity (Wildman–Crippen MR) is 79.5 cm³/mol. The van der Waals surface area contributed by atoms with Crippen molar-refractivity contribution in [3.63, 3.8) is 0 Å². The van der Waals surface area contributed by atoms with Crippen LogP contribution in [0.3, 0.4) is 0 Å². The van der Waals surface area contributed by atoms with Crippen LogP contribution in [-0.4, -0.2) is 15.6 Å². The quantitative estimate of drug-likeness (QED) is 0.640. The van der Waals surface area contributed by atoms with Crippen LogP contribution in [0.25, 0.3) is 11.0 Å². The standard InChI is InChI=1S/C15H24N4/c1-10(2)11(3)13(18-16)9-15-17-12-7-5-6-8-14(12)19(15)4/h5-8,10-11,13,18H,9,16H2,1-4H3. The van der Waals surface area contributed by atoms with Crippen LogP contribution in [0.1, 0.15) is 26.6 Å². The lowest BCUT2D eigenvalue weighted by Gasteiger charge is -2.26. The summed E-state index contributed by atoms with van der Waals surface area (Å²) in [4.78, 5) is 4.71. The highest BCUT2D eigenvalue weighted by atomic mass is 15.2. The molecule has 0 aliphatic rings. The van der Waals surface area contributed by atoms with Gasteiger partial charge in [0.25, 0.3) is 0 Å². The first kappa shape index (κ1) is 14.0. The van der Waals surface area contributed by atoms with Gasteiger partial charge >= 0.3 is 0 Å². The molecule has 0 bridgehead atoms. The highest BCUT2D eigenvalue weighted by Gasteiger charge is 2.21. The summed E-state index contributed by atoms with van der Waals surface area (Å²) in [7, 11) is 2.07. The van der Waals surface area contributed by atoms with E-state index in [4.69, 9.17) is 10.8 Å². The van der Waals surface area contributed by atoms with Crippen LogP contribution >= 0.6 is 0 Å². The van der Waals surface area contributed by atoms with Gasteiger partial charge in [0.1, 0.15) is 5.82 Å². The van der Waals surface area contributed by atoms with E-state index in [-0.39, 0.29) is 6.04 Å². The minimum atomic E-state index is 0.246. The second-order valence-corrected chi connectivity index (χ2v) is 5.66. The molecule has 0 radical (unpaired) electrons. The van der Waals surface area contributed by atoms with Crippen molar-refractivity contribution in [2.45, 2.75) is 33.2 Å². The van der Waals surface area contributed by atoms with Crippen LogP contribution in [0.5, 0.6) is 0 Å². The number of hydrogen-bond acceptors (Lipinski definition) is 3. The second kappa shape index (κ2) is 5.72. The van der Waals surface area contributed by atoms with E-state index in [1.54, 1.807) is 0 Å². The molecular weight excluding hydrogens is 236 g/mol. The Hall–Kier alpha value is -1.39. The molecule has 0 fully saturated rings. The maximum absolute atomic E-state index is 5.72. The van der Waals surface area contributed by atoms with Gasteiger partial charge < -0.3 is 4.57 Å². The molecule has 0 aliphatic heterocycles. The summed E-state index contributed by atoms with van der Waals surface area (Å²) < 4.78 is 2.16. The summed E-state index contributed by atoms with van der Waals surface area (Å²) in [5, 5.41) is 0. The van der Waals surface area contributed by atoms with Crippen molar-refractivity contribution in [1.29, 1.82) is 0 Å². The lowest BCUT2D eigenvalue weighted by molar-refractivity contribution is 0.295. The fourth-order valence-electron chi connectivity index (χ4n) is 2.44. The van der Waals surface area contributed by atoms with Gasteiger partial charge in [-0.1, -0.05) is 32.9 Å². The number of nitrogens with one attached hydrogen (secondary N) is 1. The number of hydrazine groups is 1. The van der Waals surface area contributed by atoms with E-state index in [1.165, 1.54) is 5.52 Å². The second-order valence-electron chi connectivity index (χ2n) is 5.66. The molecule has 1 aromatic heterocycles. The van der Waals surface area contributed by atoms with Crippen molar-refractivity contribution >= 4 is 11.0 Å². The van der Waals surface area contributed by atoms with E-state index in [9.17, 15) is 0 Å². The first-order valence-electron chi connectivity index (χ1n) is 6.91.